The van der Waals surface area contributed by atoms with Crippen molar-refractivity contribution in [3.8, 4) is 11.3 Å². The largest absolute Gasteiger partial charge is 0.478 e. The number of nitrogens with zero attached hydrogens (tertiary/aromatic N) is 2. The minimum Gasteiger partial charge on any atom is -0.478 e. The molecule has 2 aromatic rings. The van der Waals surface area contributed by atoms with Gasteiger partial charge in [-0.25, -0.2) is 9.59 Å². The van der Waals surface area contributed by atoms with Gasteiger partial charge in [-0.1, -0.05) is 12.2 Å². The van der Waals surface area contributed by atoms with Gasteiger partial charge in [-0.15, -0.1) is 0 Å². The third kappa shape index (κ3) is 2.97. The smallest absolute Gasteiger partial charge is 0.335 e. The predicted octanol–water partition coefficient (Wildman–Crippen LogP) is 2.48. The van der Waals surface area contributed by atoms with E-state index >= 15 is 0 Å². The number of carbonyl (C=O) groups is 4. The molecule has 1 aliphatic heterocycles. The molecular formula is C22H16N2O7. The Hall–Kier alpha value is -4.01. The Kier molecular flexibility index (Phi) is 4.14. The Morgan fingerprint density at radius 2 is 1.55 bits per heavy atom. The summed E-state index contributed by atoms with van der Waals surface area (Å²) in [6.07, 6.45) is 6.08. The van der Waals surface area contributed by atoms with E-state index in [1.807, 2.05) is 12.2 Å². The number of rotatable bonds is 5. The molecule has 0 radical (unpaired) electrons. The Balaban J connectivity index is 1.39. The van der Waals surface area contributed by atoms with Crippen molar-refractivity contribution in [2.75, 3.05) is 0 Å². The Morgan fingerprint density at radius 3 is 2.10 bits per heavy atom. The molecule has 1 saturated carbocycles. The first-order valence-electron chi connectivity index (χ1n) is 9.65. The Bertz CT molecular complexity index is 1150. The molecule has 3 aliphatic rings. The SMILES string of the molecule is O=C(O)c1cc(C(=O)O)cc(-c2ccc(C=NN3C(=O)C4C5C=CC(C5)C4C3=O)o2)c1. The molecule has 9 heteroatoms. The van der Waals surface area contributed by atoms with Crippen LogP contribution in [0.1, 0.15) is 32.9 Å². The molecule has 9 nitrogen and oxygen atoms in total. The van der Waals surface area contributed by atoms with Gasteiger partial charge in [0.25, 0.3) is 11.8 Å². The van der Waals surface area contributed by atoms with E-state index in [9.17, 15) is 29.4 Å². The summed E-state index contributed by atoms with van der Waals surface area (Å²) >= 11 is 0. The van der Waals surface area contributed by atoms with E-state index in [0.29, 0.717) is 0 Å². The fourth-order valence-electron chi connectivity index (χ4n) is 4.71. The number of hydrazone groups is 1. The normalized spacial score (nSPS) is 26.3. The van der Waals surface area contributed by atoms with Crippen molar-refractivity contribution in [1.29, 1.82) is 0 Å². The molecule has 2 bridgehead atoms. The summed E-state index contributed by atoms with van der Waals surface area (Å²) in [4.78, 5) is 47.9. The van der Waals surface area contributed by atoms with Crippen molar-refractivity contribution in [2.24, 2.45) is 28.8 Å². The molecule has 2 amide bonds. The second-order valence-electron chi connectivity index (χ2n) is 7.84. The standard InChI is InChI=1S/C22H16N2O7/c25-19-17-10-1-2-11(5-10)18(17)20(26)24(19)23-9-15-3-4-16(31-15)12-6-13(21(27)28)8-14(7-12)22(29)30/h1-4,6-11,17-18H,5H2,(H,27,28)(H,29,30). The average Bonchev–Trinajstić information content (AvgIpc) is 3.51. The van der Waals surface area contributed by atoms with Gasteiger partial charge in [0.15, 0.2) is 0 Å². The minimum absolute atomic E-state index is 0.0896. The molecule has 4 unspecified atom stereocenters. The number of carboxylic acid groups (broad SMARTS) is 2. The number of furan rings is 1. The maximum atomic E-state index is 12.7. The number of hydrogen-bond donors (Lipinski definition) is 2. The number of hydrogen-bond acceptors (Lipinski definition) is 6. The molecule has 1 saturated heterocycles. The first kappa shape index (κ1) is 19.0. The van der Waals surface area contributed by atoms with E-state index in [0.717, 1.165) is 17.5 Å². The Labute approximate surface area is 175 Å². The molecular weight excluding hydrogens is 404 g/mol. The predicted molar refractivity (Wildman–Crippen MR) is 105 cm³/mol. The number of carbonyl (C=O) groups excluding carboxylic acids is 2. The lowest BCUT2D eigenvalue weighted by Gasteiger charge is -2.13. The molecule has 2 N–H and O–H groups in total. The summed E-state index contributed by atoms with van der Waals surface area (Å²) < 4.78 is 5.62. The molecule has 4 atom stereocenters. The molecule has 1 aromatic carbocycles. The summed E-state index contributed by atoms with van der Waals surface area (Å²) in [5.41, 5.74) is -0.114. The topological polar surface area (TPSA) is 137 Å². The molecule has 2 aliphatic carbocycles. The molecule has 2 fully saturated rings. The van der Waals surface area contributed by atoms with Gasteiger partial charge in [0.1, 0.15) is 11.5 Å². The lowest BCUT2D eigenvalue weighted by atomic mass is 9.85. The van der Waals surface area contributed by atoms with E-state index in [1.54, 1.807) is 0 Å². The second kappa shape index (κ2) is 6.76. The van der Waals surface area contributed by atoms with Crippen LogP contribution >= 0.6 is 0 Å². The molecule has 1 aromatic heterocycles. The maximum Gasteiger partial charge on any atom is 0.335 e. The van der Waals surface area contributed by atoms with Crippen LogP contribution in [0.3, 0.4) is 0 Å². The first-order valence-corrected chi connectivity index (χ1v) is 9.65. The molecule has 2 heterocycles. The van der Waals surface area contributed by atoms with Crippen LogP contribution in [0.2, 0.25) is 0 Å². The van der Waals surface area contributed by atoms with Crippen LogP contribution in [0, 0.1) is 23.7 Å². The maximum absolute atomic E-state index is 12.7. The van der Waals surface area contributed by atoms with Crippen LogP contribution in [0.15, 0.2) is 52.0 Å². The highest BCUT2D eigenvalue weighted by Crippen LogP contribution is 2.52. The highest BCUT2D eigenvalue weighted by molar-refractivity contribution is 6.06. The lowest BCUT2D eigenvalue weighted by Crippen LogP contribution is -2.28. The molecule has 0 spiro atoms. The number of fused-ring (bicyclic) bond motifs is 5. The quantitative estimate of drug-likeness (QED) is 0.431. The van der Waals surface area contributed by atoms with Gasteiger partial charge in [-0.05, 0) is 48.6 Å². The van der Waals surface area contributed by atoms with E-state index in [2.05, 4.69) is 5.10 Å². The van der Waals surface area contributed by atoms with Gasteiger partial charge in [0.05, 0.1) is 29.2 Å². The number of benzene rings is 1. The number of aromatic carboxylic acids is 2. The van der Waals surface area contributed by atoms with Crippen LogP contribution in [-0.4, -0.2) is 45.2 Å². The molecule has 31 heavy (non-hydrogen) atoms. The van der Waals surface area contributed by atoms with E-state index in [4.69, 9.17) is 4.42 Å². The number of imide groups is 1. The zero-order valence-electron chi connectivity index (χ0n) is 16.0. The van der Waals surface area contributed by atoms with Crippen molar-refractivity contribution in [2.45, 2.75) is 6.42 Å². The highest BCUT2D eigenvalue weighted by atomic mass is 16.4. The van der Waals surface area contributed by atoms with Gasteiger partial charge >= 0.3 is 11.9 Å². The third-order valence-electron chi connectivity index (χ3n) is 6.09. The van der Waals surface area contributed by atoms with Gasteiger partial charge in [-0.2, -0.15) is 10.1 Å². The highest BCUT2D eigenvalue weighted by Gasteiger charge is 2.59. The van der Waals surface area contributed by atoms with Crippen LogP contribution in [0.25, 0.3) is 11.3 Å². The fourth-order valence-corrected chi connectivity index (χ4v) is 4.71. The van der Waals surface area contributed by atoms with Crippen LogP contribution in [-0.2, 0) is 9.59 Å². The van der Waals surface area contributed by atoms with Crippen molar-refractivity contribution in [1.82, 2.24) is 5.01 Å². The van der Waals surface area contributed by atoms with Gasteiger partial charge in [0, 0.05) is 5.56 Å². The van der Waals surface area contributed by atoms with Crippen LogP contribution < -0.4 is 0 Å². The minimum atomic E-state index is -1.27. The number of amides is 2. The van der Waals surface area contributed by atoms with Crippen molar-refractivity contribution in [3.05, 3.63) is 59.4 Å². The summed E-state index contributed by atoms with van der Waals surface area (Å²) in [5, 5.41) is 23.4. The lowest BCUT2D eigenvalue weighted by molar-refractivity contribution is -0.140. The van der Waals surface area contributed by atoms with Crippen molar-refractivity contribution < 1.29 is 33.8 Å². The number of allylic oxidation sites excluding steroid dienone is 2. The van der Waals surface area contributed by atoms with E-state index < -0.39 is 11.9 Å². The van der Waals surface area contributed by atoms with Crippen molar-refractivity contribution in [3.63, 3.8) is 0 Å². The monoisotopic (exact) mass is 420 g/mol. The zero-order valence-corrected chi connectivity index (χ0v) is 16.0. The van der Waals surface area contributed by atoms with Gasteiger partial charge in [0.2, 0.25) is 0 Å². The summed E-state index contributed by atoms with van der Waals surface area (Å²) in [6.45, 7) is 0. The van der Waals surface area contributed by atoms with E-state index in [-0.39, 0.29) is 63.7 Å². The fraction of sp³-hybridized carbons (Fsp3) is 0.227. The van der Waals surface area contributed by atoms with E-state index in [1.165, 1.54) is 30.5 Å². The van der Waals surface area contributed by atoms with Crippen LogP contribution in [0.4, 0.5) is 0 Å². The molecule has 156 valence electrons. The first-order chi connectivity index (χ1) is 14.8. The number of carboxylic acids is 2. The van der Waals surface area contributed by atoms with Crippen LogP contribution in [0.5, 0.6) is 0 Å². The summed E-state index contributed by atoms with van der Waals surface area (Å²) in [7, 11) is 0. The molecule has 5 rings (SSSR count). The average molecular weight is 420 g/mol. The zero-order chi connectivity index (χ0) is 21.9. The summed E-state index contributed by atoms with van der Waals surface area (Å²) in [6, 6.07) is 6.71. The third-order valence-corrected chi connectivity index (χ3v) is 6.09. The second-order valence-corrected chi connectivity index (χ2v) is 7.84. The van der Waals surface area contributed by atoms with Crippen molar-refractivity contribution >= 4 is 30.0 Å². The Morgan fingerprint density at radius 1 is 0.968 bits per heavy atom. The van der Waals surface area contributed by atoms with Gasteiger partial charge in [-0.3, -0.25) is 9.59 Å². The van der Waals surface area contributed by atoms with Gasteiger partial charge < -0.3 is 14.6 Å². The summed E-state index contributed by atoms with van der Waals surface area (Å²) in [5.74, 6) is -3.21.